The molecule has 0 aliphatic carbocycles. The number of rotatable bonds is 10. The van der Waals surface area contributed by atoms with Gasteiger partial charge in [0.05, 0.1) is 16.5 Å². The number of nitrogens with zero attached hydrogens (tertiary/aromatic N) is 2. The first kappa shape index (κ1) is 25.3. The highest BCUT2D eigenvalue weighted by Crippen LogP contribution is 2.52. The zero-order valence-electron chi connectivity index (χ0n) is 19.1. The fraction of sp³-hybridized carbons (Fsp3) is 0.458. The fourth-order valence-electron chi connectivity index (χ4n) is 4.45. The molecule has 2 aliphatic rings. The molecule has 0 radical (unpaired) electrons. The normalized spacial score (nSPS) is 19.5. The number of carbonyl (C=O) groups is 4. The molecule has 3 heterocycles. The number of imidazole rings is 1. The number of hydrogen-bond donors (Lipinski definition) is 3. The second-order valence-electron chi connectivity index (χ2n) is 8.71. The summed E-state index contributed by atoms with van der Waals surface area (Å²) in [5.41, 5.74) is 2.11. The minimum Gasteiger partial charge on any atom is -0.481 e. The maximum Gasteiger partial charge on any atom is 0.305 e. The van der Waals surface area contributed by atoms with Crippen molar-refractivity contribution in [1.82, 2.24) is 20.2 Å². The standard InChI is InChI=1S/C24H28N4O5S2/c29-14-18(11-20(30)31)27-22(32)19-12-24(34-9-10-35-24)15-28(19)23(33)21-25-13-17(26-21)8-4-7-16-5-2-1-3-6-16/h1-3,5-6,13-14,18-19H,4,7-12,15H2,(H,25,26)(H,27,32)(H,30,31)/t18-,19-/m0/s1. The quantitative estimate of drug-likeness (QED) is 0.409. The number of carboxylic acid groups (broad SMARTS) is 1. The molecule has 0 unspecified atom stereocenters. The summed E-state index contributed by atoms with van der Waals surface area (Å²) in [6.07, 6.45) is 4.57. The lowest BCUT2D eigenvalue weighted by atomic mass is 10.1. The third-order valence-electron chi connectivity index (χ3n) is 6.14. The molecule has 186 valence electrons. The maximum atomic E-state index is 13.4. The number of aldehydes is 1. The number of amides is 2. The van der Waals surface area contributed by atoms with Gasteiger partial charge >= 0.3 is 5.97 Å². The first-order valence-electron chi connectivity index (χ1n) is 11.5. The Balaban J connectivity index is 1.43. The summed E-state index contributed by atoms with van der Waals surface area (Å²) in [6.45, 7) is 0.383. The van der Waals surface area contributed by atoms with Gasteiger partial charge in [0.15, 0.2) is 5.82 Å². The van der Waals surface area contributed by atoms with Crippen LogP contribution < -0.4 is 5.32 Å². The molecule has 11 heteroatoms. The van der Waals surface area contributed by atoms with Gasteiger partial charge in [0, 0.05) is 36.4 Å². The van der Waals surface area contributed by atoms with E-state index in [0.29, 0.717) is 19.3 Å². The number of aliphatic carboxylic acids is 1. The first-order valence-corrected chi connectivity index (χ1v) is 13.5. The number of benzene rings is 1. The van der Waals surface area contributed by atoms with Crippen LogP contribution in [-0.2, 0) is 27.2 Å². The number of nitrogens with one attached hydrogen (secondary N) is 2. The molecule has 1 aromatic carbocycles. The average Bonchev–Trinajstić information content (AvgIpc) is 3.59. The molecule has 0 bridgehead atoms. The van der Waals surface area contributed by atoms with Crippen molar-refractivity contribution in [2.75, 3.05) is 18.1 Å². The van der Waals surface area contributed by atoms with E-state index in [9.17, 15) is 19.2 Å². The summed E-state index contributed by atoms with van der Waals surface area (Å²) < 4.78 is -0.285. The lowest BCUT2D eigenvalue weighted by Crippen LogP contribution is -2.49. The highest BCUT2D eigenvalue weighted by Gasteiger charge is 2.51. The molecule has 0 saturated carbocycles. The van der Waals surface area contributed by atoms with Crippen LogP contribution in [0.15, 0.2) is 36.5 Å². The topological polar surface area (TPSA) is 132 Å². The number of carboxylic acids is 1. The highest BCUT2D eigenvalue weighted by molar-refractivity contribution is 8.21. The number of aromatic amines is 1. The van der Waals surface area contributed by atoms with Crippen LogP contribution in [0.25, 0.3) is 0 Å². The molecule has 4 rings (SSSR count). The molecule has 35 heavy (non-hydrogen) atoms. The second kappa shape index (κ2) is 11.3. The second-order valence-corrected chi connectivity index (χ2v) is 11.9. The van der Waals surface area contributed by atoms with Crippen molar-refractivity contribution in [1.29, 1.82) is 0 Å². The minimum absolute atomic E-state index is 0.181. The van der Waals surface area contributed by atoms with Gasteiger partial charge < -0.3 is 25.1 Å². The number of hydrogen-bond acceptors (Lipinski definition) is 7. The van der Waals surface area contributed by atoms with Crippen LogP contribution in [0.4, 0.5) is 0 Å². The van der Waals surface area contributed by atoms with Crippen LogP contribution in [0, 0.1) is 0 Å². The van der Waals surface area contributed by atoms with Gasteiger partial charge in [-0.1, -0.05) is 30.3 Å². The van der Waals surface area contributed by atoms with E-state index in [-0.39, 0.29) is 15.8 Å². The molecule has 9 nitrogen and oxygen atoms in total. The van der Waals surface area contributed by atoms with E-state index in [4.69, 9.17) is 5.11 Å². The van der Waals surface area contributed by atoms with E-state index < -0.39 is 30.4 Å². The van der Waals surface area contributed by atoms with Crippen molar-refractivity contribution in [3.8, 4) is 0 Å². The van der Waals surface area contributed by atoms with E-state index in [0.717, 1.165) is 36.5 Å². The van der Waals surface area contributed by atoms with E-state index in [1.54, 1.807) is 29.7 Å². The van der Waals surface area contributed by atoms with E-state index in [1.165, 1.54) is 10.5 Å². The van der Waals surface area contributed by atoms with Gasteiger partial charge in [-0.2, -0.15) is 0 Å². The van der Waals surface area contributed by atoms with E-state index in [1.807, 2.05) is 18.2 Å². The molecule has 1 spiro atoms. The Kier molecular flexibility index (Phi) is 8.17. The molecular weight excluding hydrogens is 488 g/mol. The molecule has 2 fully saturated rings. The third kappa shape index (κ3) is 6.26. The van der Waals surface area contributed by atoms with Crippen LogP contribution in [0.1, 0.15) is 41.1 Å². The molecular formula is C24H28N4O5S2. The van der Waals surface area contributed by atoms with Crippen molar-refractivity contribution in [3.05, 3.63) is 53.6 Å². The Hall–Kier alpha value is -2.79. The molecule has 2 aliphatic heterocycles. The number of aryl methyl sites for hydroxylation is 2. The highest BCUT2D eigenvalue weighted by atomic mass is 32.2. The number of H-pyrrole nitrogens is 1. The van der Waals surface area contributed by atoms with Crippen molar-refractivity contribution in [2.24, 2.45) is 0 Å². The van der Waals surface area contributed by atoms with Gasteiger partial charge in [-0.15, -0.1) is 23.5 Å². The SMILES string of the molecule is O=C[C@H](CC(=O)O)NC(=O)[C@@H]1CC2(CN1C(=O)c1ncc(CCCc3ccccc3)[nH]1)SCCS2. The summed E-state index contributed by atoms with van der Waals surface area (Å²) in [5.74, 6) is -0.0238. The summed E-state index contributed by atoms with van der Waals surface area (Å²) in [7, 11) is 0. The van der Waals surface area contributed by atoms with E-state index >= 15 is 0 Å². The van der Waals surface area contributed by atoms with E-state index in [2.05, 4.69) is 27.4 Å². The number of thioether (sulfide) groups is 2. The molecule has 2 amide bonds. The Labute approximate surface area is 211 Å². The Morgan fingerprint density at radius 2 is 1.97 bits per heavy atom. The Morgan fingerprint density at radius 3 is 2.66 bits per heavy atom. The summed E-state index contributed by atoms with van der Waals surface area (Å²) in [4.78, 5) is 57.7. The Morgan fingerprint density at radius 1 is 1.23 bits per heavy atom. The largest absolute Gasteiger partial charge is 0.481 e. The zero-order valence-corrected chi connectivity index (χ0v) is 20.8. The maximum absolute atomic E-state index is 13.4. The lowest BCUT2D eigenvalue weighted by molar-refractivity contribution is -0.139. The zero-order chi connectivity index (χ0) is 24.8. The summed E-state index contributed by atoms with van der Waals surface area (Å²) >= 11 is 3.47. The number of aromatic nitrogens is 2. The van der Waals surface area contributed by atoms with Gasteiger partial charge in [0.25, 0.3) is 5.91 Å². The van der Waals surface area contributed by atoms with Crippen LogP contribution in [0.5, 0.6) is 0 Å². The molecule has 3 N–H and O–H groups in total. The number of carbonyl (C=O) groups excluding carboxylic acids is 3. The summed E-state index contributed by atoms with van der Waals surface area (Å²) in [6, 6.07) is 8.23. The third-order valence-corrected chi connectivity index (χ3v) is 9.57. The van der Waals surface area contributed by atoms with Crippen LogP contribution in [-0.4, -0.2) is 78.3 Å². The van der Waals surface area contributed by atoms with Crippen LogP contribution in [0.3, 0.4) is 0 Å². The van der Waals surface area contributed by atoms with Crippen molar-refractivity contribution < 1.29 is 24.3 Å². The smallest absolute Gasteiger partial charge is 0.305 e. The van der Waals surface area contributed by atoms with Gasteiger partial charge in [0.1, 0.15) is 12.3 Å². The first-order chi connectivity index (χ1) is 16.9. The van der Waals surface area contributed by atoms with Gasteiger partial charge in [0.2, 0.25) is 5.91 Å². The molecule has 1 aromatic heterocycles. The van der Waals surface area contributed by atoms with Crippen molar-refractivity contribution in [3.63, 3.8) is 0 Å². The lowest BCUT2D eigenvalue weighted by Gasteiger charge is -2.24. The van der Waals surface area contributed by atoms with Crippen LogP contribution in [0.2, 0.25) is 0 Å². The van der Waals surface area contributed by atoms with Crippen LogP contribution >= 0.6 is 23.5 Å². The predicted molar refractivity (Wildman–Crippen MR) is 134 cm³/mol. The van der Waals surface area contributed by atoms with Gasteiger partial charge in [-0.05, 0) is 24.8 Å². The van der Waals surface area contributed by atoms with Gasteiger partial charge in [-0.3, -0.25) is 14.4 Å². The predicted octanol–water partition coefficient (Wildman–Crippen LogP) is 2.13. The summed E-state index contributed by atoms with van der Waals surface area (Å²) in [5, 5.41) is 11.5. The molecule has 2 atom stereocenters. The molecule has 2 saturated heterocycles. The van der Waals surface area contributed by atoms with Crippen molar-refractivity contribution >= 4 is 47.6 Å². The monoisotopic (exact) mass is 516 g/mol. The average molecular weight is 517 g/mol. The Bertz CT molecular complexity index is 1070. The van der Waals surface area contributed by atoms with Gasteiger partial charge in [-0.25, -0.2) is 4.98 Å². The fourth-order valence-corrected chi connectivity index (χ4v) is 7.71. The molecule has 2 aromatic rings. The van der Waals surface area contributed by atoms with Crippen molar-refractivity contribution in [2.45, 2.75) is 48.3 Å². The number of likely N-dealkylation sites (tertiary alicyclic amines) is 1. The minimum atomic E-state index is -1.18.